The maximum atomic E-state index is 2.44. The second kappa shape index (κ2) is 13.8. The summed E-state index contributed by atoms with van der Waals surface area (Å²) in [5.41, 5.74) is 17.2. The van der Waals surface area contributed by atoms with Crippen LogP contribution in [0.25, 0.3) is 11.1 Å². The molecule has 3 heteroatoms. The van der Waals surface area contributed by atoms with Gasteiger partial charge in [0.15, 0.2) is 0 Å². The van der Waals surface area contributed by atoms with Gasteiger partial charge in [-0.1, -0.05) is 140 Å². The van der Waals surface area contributed by atoms with Crippen molar-refractivity contribution in [3.8, 4) is 11.1 Å². The molecule has 1 spiro atoms. The van der Waals surface area contributed by atoms with E-state index in [0.717, 1.165) is 39.8 Å². The van der Waals surface area contributed by atoms with Crippen LogP contribution in [0.3, 0.4) is 0 Å². The molecule has 1 aliphatic carbocycles. The molecule has 1 aliphatic heterocycles. The fraction of sp³-hybridized carbons (Fsp3) is 0.0182. The molecule has 0 aromatic heterocycles. The van der Waals surface area contributed by atoms with E-state index in [-0.39, 0.29) is 0 Å². The van der Waals surface area contributed by atoms with Crippen molar-refractivity contribution in [2.75, 3.05) is 14.7 Å². The van der Waals surface area contributed by atoms with Crippen LogP contribution in [-0.2, 0) is 5.41 Å². The summed E-state index contributed by atoms with van der Waals surface area (Å²) in [6, 6.07) is 85.9. The van der Waals surface area contributed by atoms with E-state index in [4.69, 9.17) is 0 Å². The van der Waals surface area contributed by atoms with Crippen molar-refractivity contribution in [2.24, 2.45) is 0 Å². The van der Waals surface area contributed by atoms with Crippen LogP contribution in [0, 0.1) is 0 Å². The van der Waals surface area contributed by atoms with Crippen molar-refractivity contribution in [2.45, 2.75) is 5.41 Å². The second-order valence-corrected chi connectivity index (χ2v) is 14.9. The third kappa shape index (κ3) is 5.21. The third-order valence-electron chi connectivity index (χ3n) is 11.8. The van der Waals surface area contributed by atoms with Crippen molar-refractivity contribution >= 4 is 51.2 Å². The summed E-state index contributed by atoms with van der Waals surface area (Å²) in [4.78, 5) is 7.18. The third-order valence-corrected chi connectivity index (χ3v) is 11.8. The van der Waals surface area contributed by atoms with Crippen LogP contribution in [0.1, 0.15) is 22.3 Å². The Bertz CT molecular complexity index is 2630. The number of hydrogen-bond acceptors (Lipinski definition) is 3. The molecule has 58 heavy (non-hydrogen) atoms. The Labute approximate surface area is 340 Å². The summed E-state index contributed by atoms with van der Waals surface area (Å²) in [6.07, 6.45) is 0. The standard InChI is InChI=1S/C55H39N3/c1-6-20-40(21-7-1)56(41-22-8-2-9-23-41)45-34-36-49-47(38-45)48-39-46(57(42-24-10-3-11-25-42)43-26-12-4-13-27-43)35-37-50(48)55(49)51-30-16-18-32-53(51)58(44-28-14-5-15-29-44)54-33-19-17-31-52(54)55/h1-39H. The molecule has 0 saturated carbocycles. The minimum absolute atomic E-state index is 0.575. The van der Waals surface area contributed by atoms with Gasteiger partial charge in [-0.3, -0.25) is 0 Å². The first kappa shape index (κ1) is 33.7. The van der Waals surface area contributed by atoms with E-state index in [0.29, 0.717) is 0 Å². The zero-order chi connectivity index (χ0) is 38.5. The Morgan fingerprint density at radius 2 is 0.603 bits per heavy atom. The van der Waals surface area contributed by atoms with Crippen molar-refractivity contribution in [1.29, 1.82) is 0 Å². The van der Waals surface area contributed by atoms with Gasteiger partial charge in [0.05, 0.1) is 16.8 Å². The van der Waals surface area contributed by atoms with E-state index in [9.17, 15) is 0 Å². The van der Waals surface area contributed by atoms with Gasteiger partial charge in [0, 0.05) is 39.8 Å². The lowest BCUT2D eigenvalue weighted by Gasteiger charge is -2.45. The highest BCUT2D eigenvalue weighted by Gasteiger charge is 2.52. The molecule has 9 aromatic carbocycles. The number of benzene rings is 9. The Hall–Kier alpha value is -7.62. The van der Waals surface area contributed by atoms with Gasteiger partial charge in [0.25, 0.3) is 0 Å². The van der Waals surface area contributed by atoms with Crippen LogP contribution in [0.2, 0.25) is 0 Å². The van der Waals surface area contributed by atoms with E-state index in [1.165, 1.54) is 44.8 Å². The maximum absolute atomic E-state index is 2.44. The number of anilines is 9. The average molecular weight is 742 g/mol. The lowest BCUT2D eigenvalue weighted by molar-refractivity contribution is 0.752. The van der Waals surface area contributed by atoms with Gasteiger partial charge in [0.1, 0.15) is 0 Å². The molecule has 3 nitrogen and oxygen atoms in total. The van der Waals surface area contributed by atoms with Gasteiger partial charge >= 0.3 is 0 Å². The number of hydrogen-bond donors (Lipinski definition) is 0. The quantitative estimate of drug-likeness (QED) is 0.161. The molecule has 11 rings (SSSR count). The van der Waals surface area contributed by atoms with E-state index in [2.05, 4.69) is 251 Å². The summed E-state index contributed by atoms with van der Waals surface area (Å²) < 4.78 is 0. The van der Waals surface area contributed by atoms with Crippen molar-refractivity contribution in [1.82, 2.24) is 0 Å². The molecule has 0 radical (unpaired) electrons. The Morgan fingerprint density at radius 1 is 0.276 bits per heavy atom. The number of rotatable bonds is 7. The molecule has 0 atom stereocenters. The molecule has 9 aromatic rings. The van der Waals surface area contributed by atoms with E-state index < -0.39 is 5.41 Å². The zero-order valence-electron chi connectivity index (χ0n) is 31.9. The fourth-order valence-corrected chi connectivity index (χ4v) is 9.47. The number of para-hydroxylation sites is 7. The summed E-state index contributed by atoms with van der Waals surface area (Å²) in [5.74, 6) is 0. The first-order chi connectivity index (χ1) is 28.8. The number of fused-ring (bicyclic) bond motifs is 9. The highest BCUT2D eigenvalue weighted by molar-refractivity contribution is 5.98. The van der Waals surface area contributed by atoms with Crippen LogP contribution in [0.5, 0.6) is 0 Å². The van der Waals surface area contributed by atoms with Gasteiger partial charge in [-0.25, -0.2) is 0 Å². The fourth-order valence-electron chi connectivity index (χ4n) is 9.47. The van der Waals surface area contributed by atoms with Gasteiger partial charge in [0.2, 0.25) is 0 Å². The van der Waals surface area contributed by atoms with Crippen LogP contribution in [-0.4, -0.2) is 0 Å². The maximum Gasteiger partial charge on any atom is 0.0754 e. The second-order valence-electron chi connectivity index (χ2n) is 14.9. The molecule has 274 valence electrons. The topological polar surface area (TPSA) is 9.72 Å². The molecule has 0 saturated heterocycles. The molecular formula is C55H39N3. The molecule has 1 heterocycles. The Kier molecular flexibility index (Phi) is 8.04. The van der Waals surface area contributed by atoms with Gasteiger partial charge in [-0.2, -0.15) is 0 Å². The van der Waals surface area contributed by atoms with Crippen molar-refractivity contribution < 1.29 is 0 Å². The molecule has 2 aliphatic rings. The van der Waals surface area contributed by atoms with E-state index in [1.807, 2.05) is 0 Å². The van der Waals surface area contributed by atoms with Gasteiger partial charge in [-0.15, -0.1) is 0 Å². The smallest absolute Gasteiger partial charge is 0.0754 e. The molecule has 0 unspecified atom stereocenters. The molecular weight excluding hydrogens is 703 g/mol. The van der Waals surface area contributed by atoms with Crippen molar-refractivity contribution in [3.63, 3.8) is 0 Å². The van der Waals surface area contributed by atoms with Crippen molar-refractivity contribution in [3.05, 3.63) is 259 Å². The summed E-state index contributed by atoms with van der Waals surface area (Å²) in [7, 11) is 0. The predicted octanol–water partition coefficient (Wildman–Crippen LogP) is 14.8. The zero-order valence-corrected chi connectivity index (χ0v) is 31.9. The average Bonchev–Trinajstić information content (AvgIpc) is 3.58. The van der Waals surface area contributed by atoms with E-state index >= 15 is 0 Å². The molecule has 0 fully saturated rings. The van der Waals surface area contributed by atoms with Crippen LogP contribution in [0.4, 0.5) is 51.2 Å². The SMILES string of the molecule is c1ccc(N(c2ccccc2)c2ccc3c(c2)-c2cc(N(c4ccccc4)c4ccccc4)ccc2C32c3ccccc3N(c3ccccc3)c3ccccc32)cc1. The summed E-state index contributed by atoms with van der Waals surface area (Å²) in [6.45, 7) is 0. The normalized spacial score (nSPS) is 12.9. The minimum Gasteiger partial charge on any atom is -0.310 e. The van der Waals surface area contributed by atoms with Crippen LogP contribution < -0.4 is 14.7 Å². The summed E-state index contributed by atoms with van der Waals surface area (Å²) in [5, 5.41) is 0. The van der Waals surface area contributed by atoms with E-state index in [1.54, 1.807) is 0 Å². The van der Waals surface area contributed by atoms with Gasteiger partial charge < -0.3 is 14.7 Å². The first-order valence-corrected chi connectivity index (χ1v) is 19.9. The van der Waals surface area contributed by atoms with Gasteiger partial charge in [-0.05, 0) is 130 Å². The lowest BCUT2D eigenvalue weighted by atomic mass is 9.64. The van der Waals surface area contributed by atoms with Crippen LogP contribution >= 0.6 is 0 Å². The summed E-state index contributed by atoms with van der Waals surface area (Å²) >= 11 is 0. The Balaban J connectivity index is 1.22. The van der Waals surface area contributed by atoms with Crippen LogP contribution in [0.15, 0.2) is 237 Å². The largest absolute Gasteiger partial charge is 0.310 e. The minimum atomic E-state index is -0.575. The highest BCUT2D eigenvalue weighted by atomic mass is 15.2. The number of nitrogens with zero attached hydrogens (tertiary/aromatic N) is 3. The highest BCUT2D eigenvalue weighted by Crippen LogP contribution is 2.64. The predicted molar refractivity (Wildman–Crippen MR) is 241 cm³/mol. The molecule has 0 N–H and O–H groups in total. The molecule has 0 bridgehead atoms. The monoisotopic (exact) mass is 741 g/mol. The lowest BCUT2D eigenvalue weighted by Crippen LogP contribution is -2.36. The first-order valence-electron chi connectivity index (χ1n) is 19.9. The Morgan fingerprint density at radius 3 is 0.983 bits per heavy atom. The molecule has 0 amide bonds.